The second-order valence-corrected chi connectivity index (χ2v) is 5.80. The summed E-state index contributed by atoms with van der Waals surface area (Å²) in [6, 6.07) is 4.10. The molecule has 0 unspecified atom stereocenters. The van der Waals surface area contributed by atoms with Crippen molar-refractivity contribution in [1.82, 2.24) is 9.97 Å². The lowest BCUT2D eigenvalue weighted by atomic mass is 10.2. The van der Waals surface area contributed by atoms with Crippen LogP contribution in [0.2, 0.25) is 0 Å². The van der Waals surface area contributed by atoms with Gasteiger partial charge in [0.25, 0.3) is 0 Å². The van der Waals surface area contributed by atoms with E-state index in [1.54, 1.807) is 11.3 Å². The molecule has 3 nitrogen and oxygen atoms in total. The first kappa shape index (κ1) is 13.5. The molecule has 5 heteroatoms. The van der Waals surface area contributed by atoms with Crippen molar-refractivity contribution in [3.8, 4) is 10.7 Å². The lowest BCUT2D eigenvalue weighted by Gasteiger charge is -2.07. The minimum absolute atomic E-state index is 0.813. The van der Waals surface area contributed by atoms with Gasteiger partial charge in [0.15, 0.2) is 5.82 Å². The molecule has 0 amide bonds. The molecule has 0 saturated carbocycles. The summed E-state index contributed by atoms with van der Waals surface area (Å²) in [5, 5.41) is 5.32. The number of hydrogen-bond donors (Lipinski definition) is 1. The fourth-order valence-corrected chi connectivity index (χ4v) is 3.05. The van der Waals surface area contributed by atoms with Crippen LogP contribution in [0.3, 0.4) is 0 Å². The number of thiophene rings is 1. The number of anilines is 1. The van der Waals surface area contributed by atoms with Crippen molar-refractivity contribution in [2.75, 3.05) is 11.9 Å². The van der Waals surface area contributed by atoms with Gasteiger partial charge in [0, 0.05) is 28.2 Å². The average Bonchev–Trinajstić information content (AvgIpc) is 2.76. The van der Waals surface area contributed by atoms with Crippen LogP contribution in [0.25, 0.3) is 10.7 Å². The second kappa shape index (κ2) is 6.29. The normalized spacial score (nSPS) is 10.6. The Morgan fingerprint density at radius 2 is 2.11 bits per heavy atom. The summed E-state index contributed by atoms with van der Waals surface area (Å²) in [5.74, 6) is 1.73. The van der Waals surface area contributed by atoms with Gasteiger partial charge in [0.05, 0.1) is 4.88 Å². The SMILES string of the molecule is CCCc1cc(NCC)nc(-c2cc(Br)cs2)n1. The van der Waals surface area contributed by atoms with E-state index in [9.17, 15) is 0 Å². The molecule has 1 N–H and O–H groups in total. The Balaban J connectivity index is 2.39. The predicted octanol–water partition coefficient (Wildman–Crippen LogP) is 4.35. The van der Waals surface area contributed by atoms with Crippen molar-refractivity contribution >= 4 is 33.1 Å². The van der Waals surface area contributed by atoms with Gasteiger partial charge in [-0.15, -0.1) is 11.3 Å². The van der Waals surface area contributed by atoms with E-state index in [-0.39, 0.29) is 0 Å². The number of nitrogens with zero attached hydrogens (tertiary/aromatic N) is 2. The molecule has 0 aliphatic carbocycles. The number of halogens is 1. The number of aryl methyl sites for hydroxylation is 1. The molecular weight excluding hydrogens is 310 g/mol. The Bertz CT molecular complexity index is 500. The number of aromatic nitrogens is 2. The third-order valence-corrected chi connectivity index (χ3v) is 4.12. The fourth-order valence-electron chi connectivity index (χ4n) is 1.69. The van der Waals surface area contributed by atoms with Gasteiger partial charge in [-0.05, 0) is 35.3 Å². The van der Waals surface area contributed by atoms with Gasteiger partial charge in [-0.25, -0.2) is 9.97 Å². The maximum atomic E-state index is 4.63. The average molecular weight is 326 g/mol. The molecule has 2 rings (SSSR count). The summed E-state index contributed by atoms with van der Waals surface area (Å²) in [7, 11) is 0. The van der Waals surface area contributed by atoms with Gasteiger partial charge in [-0.2, -0.15) is 0 Å². The highest BCUT2D eigenvalue weighted by Gasteiger charge is 2.08. The molecule has 18 heavy (non-hydrogen) atoms. The summed E-state index contributed by atoms with van der Waals surface area (Å²) in [4.78, 5) is 10.3. The highest BCUT2D eigenvalue weighted by Crippen LogP contribution is 2.28. The second-order valence-electron chi connectivity index (χ2n) is 3.98. The molecule has 0 fully saturated rings. The molecule has 0 bridgehead atoms. The third-order valence-electron chi connectivity index (χ3n) is 2.43. The van der Waals surface area contributed by atoms with Gasteiger partial charge in [-0.1, -0.05) is 13.3 Å². The lowest BCUT2D eigenvalue weighted by molar-refractivity contribution is 0.875. The van der Waals surface area contributed by atoms with Crippen LogP contribution < -0.4 is 5.32 Å². The van der Waals surface area contributed by atoms with Crippen LogP contribution >= 0.6 is 27.3 Å². The van der Waals surface area contributed by atoms with Crippen LogP contribution in [0, 0.1) is 0 Å². The Morgan fingerprint density at radius 3 is 2.72 bits per heavy atom. The number of hydrogen-bond acceptors (Lipinski definition) is 4. The maximum Gasteiger partial charge on any atom is 0.171 e. The largest absolute Gasteiger partial charge is 0.370 e. The summed E-state index contributed by atoms with van der Waals surface area (Å²) in [6.07, 6.45) is 2.08. The Morgan fingerprint density at radius 1 is 1.28 bits per heavy atom. The molecule has 0 aliphatic rings. The van der Waals surface area contributed by atoms with Crippen molar-refractivity contribution in [2.45, 2.75) is 26.7 Å². The Kier molecular flexibility index (Phi) is 4.72. The molecule has 2 aromatic heterocycles. The van der Waals surface area contributed by atoms with Gasteiger partial charge < -0.3 is 5.32 Å². The first-order valence-corrected chi connectivity index (χ1v) is 7.76. The molecule has 96 valence electrons. The van der Waals surface area contributed by atoms with E-state index in [1.807, 2.05) is 6.07 Å². The molecule has 2 heterocycles. The van der Waals surface area contributed by atoms with Crippen LogP contribution in [-0.4, -0.2) is 16.5 Å². The first-order valence-electron chi connectivity index (χ1n) is 6.09. The van der Waals surface area contributed by atoms with Gasteiger partial charge >= 0.3 is 0 Å². The Labute approximate surface area is 120 Å². The predicted molar refractivity (Wildman–Crippen MR) is 81.2 cm³/mol. The van der Waals surface area contributed by atoms with Crippen molar-refractivity contribution < 1.29 is 0 Å². The van der Waals surface area contributed by atoms with Crippen molar-refractivity contribution in [3.63, 3.8) is 0 Å². The minimum Gasteiger partial charge on any atom is -0.370 e. The monoisotopic (exact) mass is 325 g/mol. The van der Waals surface area contributed by atoms with E-state index >= 15 is 0 Å². The van der Waals surface area contributed by atoms with Crippen LogP contribution in [0.4, 0.5) is 5.82 Å². The molecule has 0 saturated heterocycles. The highest BCUT2D eigenvalue weighted by atomic mass is 79.9. The van der Waals surface area contributed by atoms with E-state index in [1.165, 1.54) is 0 Å². The summed E-state index contributed by atoms with van der Waals surface area (Å²) >= 11 is 5.12. The van der Waals surface area contributed by atoms with E-state index in [4.69, 9.17) is 0 Å². The fraction of sp³-hybridized carbons (Fsp3) is 0.385. The topological polar surface area (TPSA) is 37.8 Å². The van der Waals surface area contributed by atoms with E-state index in [0.717, 1.165) is 46.1 Å². The van der Waals surface area contributed by atoms with Crippen molar-refractivity contribution in [1.29, 1.82) is 0 Å². The molecule has 0 aliphatic heterocycles. The summed E-state index contributed by atoms with van der Waals surface area (Å²) < 4.78 is 1.08. The van der Waals surface area contributed by atoms with Crippen LogP contribution in [0.15, 0.2) is 22.0 Å². The zero-order chi connectivity index (χ0) is 13.0. The van der Waals surface area contributed by atoms with Gasteiger partial charge in [0.2, 0.25) is 0 Å². The summed E-state index contributed by atoms with van der Waals surface area (Å²) in [6.45, 7) is 5.11. The van der Waals surface area contributed by atoms with E-state index < -0.39 is 0 Å². The standard InChI is InChI=1S/C13H16BrN3S/c1-3-5-10-7-12(15-4-2)17-13(16-10)11-6-9(14)8-18-11/h6-8H,3-5H2,1-2H3,(H,15,16,17). The van der Waals surface area contributed by atoms with Gasteiger partial charge in [0.1, 0.15) is 5.82 Å². The molecule has 0 radical (unpaired) electrons. The van der Waals surface area contributed by atoms with Crippen LogP contribution in [0.1, 0.15) is 26.0 Å². The zero-order valence-electron chi connectivity index (χ0n) is 10.5. The van der Waals surface area contributed by atoms with Crippen LogP contribution in [0.5, 0.6) is 0 Å². The molecule has 0 spiro atoms. The third kappa shape index (κ3) is 3.29. The van der Waals surface area contributed by atoms with Crippen LogP contribution in [-0.2, 0) is 6.42 Å². The molecule has 0 atom stereocenters. The lowest BCUT2D eigenvalue weighted by Crippen LogP contribution is -2.03. The quantitative estimate of drug-likeness (QED) is 0.887. The van der Waals surface area contributed by atoms with Gasteiger partial charge in [-0.3, -0.25) is 0 Å². The maximum absolute atomic E-state index is 4.63. The van der Waals surface area contributed by atoms with Crippen molar-refractivity contribution in [2.24, 2.45) is 0 Å². The zero-order valence-corrected chi connectivity index (χ0v) is 12.9. The van der Waals surface area contributed by atoms with E-state index in [0.29, 0.717) is 0 Å². The number of rotatable bonds is 5. The smallest absolute Gasteiger partial charge is 0.171 e. The van der Waals surface area contributed by atoms with E-state index in [2.05, 4.69) is 56.5 Å². The minimum atomic E-state index is 0.813. The first-order chi connectivity index (χ1) is 8.72. The molecule has 2 aromatic rings. The summed E-state index contributed by atoms with van der Waals surface area (Å²) in [5.41, 5.74) is 1.10. The number of nitrogens with one attached hydrogen (secondary N) is 1. The highest BCUT2D eigenvalue weighted by molar-refractivity contribution is 9.10. The molecular formula is C13H16BrN3S. The molecule has 0 aromatic carbocycles. The van der Waals surface area contributed by atoms with Crippen molar-refractivity contribution in [3.05, 3.63) is 27.7 Å². The Hall–Kier alpha value is -0.940.